The fraction of sp³-hybridized carbons (Fsp3) is 0.357. The maximum atomic E-state index is 13.2. The molecule has 1 heterocycles. The van der Waals surface area contributed by atoms with Gasteiger partial charge in [-0.25, -0.2) is 8.78 Å². The fourth-order valence-electron chi connectivity index (χ4n) is 2.20. The Kier molecular flexibility index (Phi) is 4.69. The quantitative estimate of drug-likeness (QED) is 0.823. The smallest absolute Gasteiger partial charge is 0.308 e. The van der Waals surface area contributed by atoms with E-state index in [2.05, 4.69) is 10.1 Å². The molecule has 1 aliphatic heterocycles. The maximum Gasteiger partial charge on any atom is 0.308 e. The molecular formula is C14H14F2N2O4. The Balaban J connectivity index is 2.25. The number of methoxy groups -OCH3 is 1. The number of ether oxygens (including phenoxy) is 1. The Hall–Kier alpha value is -2.51. The van der Waals surface area contributed by atoms with Gasteiger partial charge in [-0.2, -0.15) is 0 Å². The number of benzene rings is 1. The highest BCUT2D eigenvalue weighted by molar-refractivity contribution is 5.99. The summed E-state index contributed by atoms with van der Waals surface area (Å²) in [5, 5.41) is 2.54. The van der Waals surface area contributed by atoms with Crippen molar-refractivity contribution in [2.75, 3.05) is 20.2 Å². The van der Waals surface area contributed by atoms with Gasteiger partial charge in [-0.05, 0) is 18.2 Å². The van der Waals surface area contributed by atoms with Gasteiger partial charge in [-0.1, -0.05) is 0 Å². The molecule has 1 aromatic rings. The molecule has 2 rings (SSSR count). The van der Waals surface area contributed by atoms with E-state index in [4.69, 9.17) is 0 Å². The van der Waals surface area contributed by atoms with Crippen LogP contribution in [-0.4, -0.2) is 48.9 Å². The molecule has 1 unspecified atom stereocenters. The summed E-state index contributed by atoms with van der Waals surface area (Å²) < 4.78 is 30.7. The minimum absolute atomic E-state index is 0.0940. The molecule has 1 aromatic carbocycles. The number of piperazine rings is 1. The van der Waals surface area contributed by atoms with Gasteiger partial charge < -0.3 is 15.0 Å². The molecule has 0 bridgehead atoms. The van der Waals surface area contributed by atoms with Crippen molar-refractivity contribution in [1.29, 1.82) is 0 Å². The van der Waals surface area contributed by atoms with Gasteiger partial charge in [0.05, 0.1) is 13.5 Å². The van der Waals surface area contributed by atoms with Crippen molar-refractivity contribution >= 4 is 17.8 Å². The van der Waals surface area contributed by atoms with E-state index in [9.17, 15) is 23.2 Å². The molecule has 1 fully saturated rings. The van der Waals surface area contributed by atoms with Crippen LogP contribution in [0.2, 0.25) is 0 Å². The monoisotopic (exact) mass is 312 g/mol. The molecule has 8 heteroatoms. The maximum absolute atomic E-state index is 13.2. The van der Waals surface area contributed by atoms with Gasteiger partial charge in [0.2, 0.25) is 5.91 Å². The Bertz CT molecular complexity index is 621. The minimum atomic E-state index is -1.16. The first-order valence-corrected chi connectivity index (χ1v) is 6.54. The Morgan fingerprint density at radius 1 is 1.36 bits per heavy atom. The Morgan fingerprint density at radius 2 is 2.09 bits per heavy atom. The van der Waals surface area contributed by atoms with Crippen LogP contribution in [0.5, 0.6) is 0 Å². The fourth-order valence-corrected chi connectivity index (χ4v) is 2.20. The number of amides is 2. The first-order valence-electron chi connectivity index (χ1n) is 6.54. The summed E-state index contributed by atoms with van der Waals surface area (Å²) in [5.41, 5.74) is -0.0940. The molecule has 2 amide bonds. The highest BCUT2D eigenvalue weighted by Gasteiger charge is 2.35. The number of nitrogens with zero attached hydrogens (tertiary/aromatic N) is 1. The lowest BCUT2D eigenvalue weighted by atomic mass is 10.1. The molecule has 118 valence electrons. The van der Waals surface area contributed by atoms with Crippen LogP contribution in [0.25, 0.3) is 0 Å². The van der Waals surface area contributed by atoms with E-state index in [0.717, 1.165) is 23.1 Å². The summed E-state index contributed by atoms with van der Waals surface area (Å²) in [4.78, 5) is 36.8. The minimum Gasteiger partial charge on any atom is -0.469 e. The number of carbonyl (C=O) groups excluding carboxylic acids is 3. The van der Waals surface area contributed by atoms with Crippen LogP contribution >= 0.6 is 0 Å². The zero-order valence-electron chi connectivity index (χ0n) is 11.8. The normalized spacial score (nSPS) is 17.9. The number of rotatable bonds is 3. The van der Waals surface area contributed by atoms with Gasteiger partial charge in [-0.15, -0.1) is 0 Å². The lowest BCUT2D eigenvalue weighted by Crippen LogP contribution is -2.57. The average Bonchev–Trinajstić information content (AvgIpc) is 2.51. The molecular weight excluding hydrogens is 298 g/mol. The van der Waals surface area contributed by atoms with Crippen molar-refractivity contribution in [2.45, 2.75) is 12.5 Å². The van der Waals surface area contributed by atoms with Gasteiger partial charge >= 0.3 is 5.97 Å². The number of hydrogen-bond acceptors (Lipinski definition) is 4. The van der Waals surface area contributed by atoms with E-state index in [1.165, 1.54) is 7.11 Å². The highest BCUT2D eigenvalue weighted by Crippen LogP contribution is 2.16. The van der Waals surface area contributed by atoms with E-state index in [1.807, 2.05) is 0 Å². The number of carbonyl (C=O) groups is 3. The van der Waals surface area contributed by atoms with Crippen LogP contribution in [0.3, 0.4) is 0 Å². The highest BCUT2D eigenvalue weighted by atomic mass is 19.2. The summed E-state index contributed by atoms with van der Waals surface area (Å²) in [6.45, 7) is 0.372. The second-order valence-corrected chi connectivity index (χ2v) is 4.71. The molecule has 22 heavy (non-hydrogen) atoms. The topological polar surface area (TPSA) is 75.7 Å². The third-order valence-corrected chi connectivity index (χ3v) is 3.35. The average molecular weight is 312 g/mol. The van der Waals surface area contributed by atoms with Crippen molar-refractivity contribution < 1.29 is 27.9 Å². The van der Waals surface area contributed by atoms with Crippen molar-refractivity contribution in [3.63, 3.8) is 0 Å². The summed E-state index contributed by atoms with van der Waals surface area (Å²) >= 11 is 0. The zero-order chi connectivity index (χ0) is 16.3. The summed E-state index contributed by atoms with van der Waals surface area (Å²) in [6, 6.07) is 1.69. The molecule has 0 aromatic heterocycles. The van der Waals surface area contributed by atoms with Crippen molar-refractivity contribution in [3.8, 4) is 0 Å². The van der Waals surface area contributed by atoms with Gasteiger partial charge in [0.1, 0.15) is 6.04 Å². The summed E-state index contributed by atoms with van der Waals surface area (Å²) in [7, 11) is 1.17. The van der Waals surface area contributed by atoms with Crippen LogP contribution in [0, 0.1) is 11.6 Å². The Labute approximate surface area is 125 Å². The largest absolute Gasteiger partial charge is 0.469 e. The standard InChI is InChI=1S/C14H14F2N2O4/c1-22-12(19)7-11-13(20)17-4-5-18(11)14(21)8-2-3-9(15)10(16)6-8/h2-3,6,11H,4-5,7H2,1H3,(H,17,20). The molecule has 0 aliphatic carbocycles. The molecule has 0 radical (unpaired) electrons. The van der Waals surface area contributed by atoms with Crippen LogP contribution in [0.4, 0.5) is 8.78 Å². The predicted molar refractivity (Wildman–Crippen MR) is 70.8 cm³/mol. The SMILES string of the molecule is COC(=O)CC1C(=O)NCCN1C(=O)c1ccc(F)c(F)c1. The number of halogens is 2. The second-order valence-electron chi connectivity index (χ2n) is 4.71. The van der Waals surface area contributed by atoms with Gasteiger partial charge in [0, 0.05) is 18.7 Å². The van der Waals surface area contributed by atoms with Gasteiger partial charge in [0.15, 0.2) is 11.6 Å². The lowest BCUT2D eigenvalue weighted by molar-refractivity contribution is -0.145. The third-order valence-electron chi connectivity index (χ3n) is 3.35. The van der Waals surface area contributed by atoms with Crippen molar-refractivity contribution in [2.24, 2.45) is 0 Å². The van der Waals surface area contributed by atoms with Crippen LogP contribution in [-0.2, 0) is 14.3 Å². The third kappa shape index (κ3) is 3.21. The number of hydrogen-bond donors (Lipinski definition) is 1. The first kappa shape index (κ1) is 15.9. The molecule has 1 atom stereocenters. The van der Waals surface area contributed by atoms with Crippen LogP contribution in [0.15, 0.2) is 18.2 Å². The van der Waals surface area contributed by atoms with E-state index in [-0.39, 0.29) is 25.1 Å². The molecule has 1 saturated heterocycles. The van der Waals surface area contributed by atoms with E-state index in [0.29, 0.717) is 0 Å². The molecule has 0 saturated carbocycles. The zero-order valence-corrected chi connectivity index (χ0v) is 11.8. The van der Waals surface area contributed by atoms with Crippen molar-refractivity contribution in [1.82, 2.24) is 10.2 Å². The second kappa shape index (κ2) is 6.50. The van der Waals surface area contributed by atoms with E-state index < -0.39 is 35.5 Å². The molecule has 0 spiro atoms. The van der Waals surface area contributed by atoms with Gasteiger partial charge in [-0.3, -0.25) is 14.4 Å². The van der Waals surface area contributed by atoms with E-state index in [1.54, 1.807) is 0 Å². The number of esters is 1. The Morgan fingerprint density at radius 3 is 2.73 bits per heavy atom. The van der Waals surface area contributed by atoms with Gasteiger partial charge in [0.25, 0.3) is 5.91 Å². The molecule has 1 N–H and O–H groups in total. The van der Waals surface area contributed by atoms with E-state index >= 15 is 0 Å². The van der Waals surface area contributed by atoms with Crippen molar-refractivity contribution in [3.05, 3.63) is 35.4 Å². The summed E-state index contributed by atoms with van der Waals surface area (Å²) in [6.07, 6.45) is -0.308. The predicted octanol–water partition coefficient (Wildman–Crippen LogP) is 0.469. The first-order chi connectivity index (χ1) is 10.4. The number of nitrogens with one attached hydrogen (secondary N) is 1. The summed E-state index contributed by atoms with van der Waals surface area (Å²) in [5.74, 6) is -4.02. The lowest BCUT2D eigenvalue weighted by Gasteiger charge is -2.34. The molecule has 6 nitrogen and oxygen atoms in total. The van der Waals surface area contributed by atoms with Crippen LogP contribution < -0.4 is 5.32 Å². The van der Waals surface area contributed by atoms with Crippen LogP contribution in [0.1, 0.15) is 16.8 Å². The molecule has 1 aliphatic rings.